The van der Waals surface area contributed by atoms with Gasteiger partial charge in [-0.05, 0) is 73.2 Å². The van der Waals surface area contributed by atoms with Gasteiger partial charge in [-0.3, -0.25) is 0 Å². The van der Waals surface area contributed by atoms with Crippen molar-refractivity contribution in [1.82, 2.24) is 10.6 Å². The van der Waals surface area contributed by atoms with Gasteiger partial charge in [0.05, 0.1) is 18.7 Å². The second kappa shape index (κ2) is 12.6. The standard InChI is InChI=1S/C31H37F3N2O3/c1-20(2)22-12-15-28(38-6)26(17-22)25-14-13-24(31(32,33)34)16-23(25)18-35-19-27(21-10-8-7-9-11-21)36-29(37)39-30(3,4)5/h7-17,20,27,35H,18-19H2,1-6H3,(H,36,37)/t27-/m0/s1. The number of rotatable bonds is 9. The minimum absolute atomic E-state index is 0.133. The fourth-order valence-electron chi connectivity index (χ4n) is 4.21. The molecule has 0 saturated heterocycles. The zero-order valence-corrected chi connectivity index (χ0v) is 23.3. The summed E-state index contributed by atoms with van der Waals surface area (Å²) in [6.45, 7) is 9.85. The average molecular weight is 543 g/mol. The van der Waals surface area contributed by atoms with Crippen LogP contribution in [0, 0.1) is 0 Å². The van der Waals surface area contributed by atoms with Crippen LogP contribution in [0.5, 0.6) is 5.75 Å². The van der Waals surface area contributed by atoms with Gasteiger partial charge < -0.3 is 20.1 Å². The van der Waals surface area contributed by atoms with Crippen LogP contribution >= 0.6 is 0 Å². The van der Waals surface area contributed by atoms with Gasteiger partial charge in [-0.2, -0.15) is 13.2 Å². The largest absolute Gasteiger partial charge is 0.496 e. The Morgan fingerprint density at radius 3 is 2.18 bits per heavy atom. The summed E-state index contributed by atoms with van der Waals surface area (Å²) >= 11 is 0. The van der Waals surface area contributed by atoms with E-state index in [1.54, 1.807) is 27.9 Å². The minimum Gasteiger partial charge on any atom is -0.496 e. The third kappa shape index (κ3) is 8.48. The molecule has 0 unspecified atom stereocenters. The van der Waals surface area contributed by atoms with Crippen LogP contribution in [0.15, 0.2) is 66.7 Å². The van der Waals surface area contributed by atoms with Crippen molar-refractivity contribution < 1.29 is 27.4 Å². The highest BCUT2D eigenvalue weighted by molar-refractivity contribution is 5.75. The lowest BCUT2D eigenvalue weighted by Crippen LogP contribution is -2.39. The van der Waals surface area contributed by atoms with Crippen LogP contribution in [0.25, 0.3) is 11.1 Å². The Morgan fingerprint density at radius 2 is 1.59 bits per heavy atom. The molecule has 0 radical (unpaired) electrons. The maximum absolute atomic E-state index is 13.7. The van der Waals surface area contributed by atoms with Gasteiger partial charge in [0.15, 0.2) is 0 Å². The predicted molar refractivity (Wildman–Crippen MR) is 148 cm³/mol. The SMILES string of the molecule is COc1ccc(C(C)C)cc1-c1ccc(C(F)(F)F)cc1CNC[C@H](NC(=O)OC(C)(C)C)c1ccccc1. The zero-order valence-electron chi connectivity index (χ0n) is 23.3. The summed E-state index contributed by atoms with van der Waals surface area (Å²) in [4.78, 5) is 12.5. The summed E-state index contributed by atoms with van der Waals surface area (Å²) in [5.74, 6) is 0.811. The van der Waals surface area contributed by atoms with E-state index in [0.717, 1.165) is 22.8 Å². The molecule has 210 valence electrons. The second-order valence-electron chi connectivity index (χ2n) is 10.7. The molecule has 1 amide bonds. The first-order valence-electron chi connectivity index (χ1n) is 12.9. The number of benzene rings is 3. The first kappa shape index (κ1) is 30.0. The van der Waals surface area contributed by atoms with E-state index in [9.17, 15) is 18.0 Å². The molecule has 3 aromatic carbocycles. The van der Waals surface area contributed by atoms with Crippen molar-refractivity contribution in [3.63, 3.8) is 0 Å². The Morgan fingerprint density at radius 1 is 0.897 bits per heavy atom. The Kier molecular flexibility index (Phi) is 9.67. The molecule has 0 aliphatic rings. The number of methoxy groups -OCH3 is 1. The fourth-order valence-corrected chi connectivity index (χ4v) is 4.21. The summed E-state index contributed by atoms with van der Waals surface area (Å²) < 4.78 is 52.0. The highest BCUT2D eigenvalue weighted by Crippen LogP contribution is 2.38. The van der Waals surface area contributed by atoms with Crippen molar-refractivity contribution in [2.75, 3.05) is 13.7 Å². The molecule has 2 N–H and O–H groups in total. The van der Waals surface area contributed by atoms with Crippen LogP contribution in [0.2, 0.25) is 0 Å². The predicted octanol–water partition coefficient (Wildman–Crippen LogP) is 7.86. The molecule has 1 atom stereocenters. The molecule has 0 bridgehead atoms. The van der Waals surface area contributed by atoms with Crippen molar-refractivity contribution >= 4 is 6.09 Å². The molecule has 5 nitrogen and oxygen atoms in total. The van der Waals surface area contributed by atoms with E-state index < -0.39 is 29.5 Å². The fraction of sp³-hybridized carbons (Fsp3) is 0.387. The number of carbonyl (C=O) groups excluding carboxylic acids is 1. The summed E-state index contributed by atoms with van der Waals surface area (Å²) in [5, 5.41) is 6.13. The van der Waals surface area contributed by atoms with Gasteiger partial charge in [0.2, 0.25) is 0 Å². The van der Waals surface area contributed by atoms with E-state index in [1.807, 2.05) is 48.5 Å². The highest BCUT2D eigenvalue weighted by atomic mass is 19.4. The minimum atomic E-state index is -4.48. The molecule has 0 fully saturated rings. The van der Waals surface area contributed by atoms with Gasteiger partial charge in [-0.15, -0.1) is 0 Å². The molecular weight excluding hydrogens is 505 g/mol. The number of carbonyl (C=O) groups is 1. The van der Waals surface area contributed by atoms with E-state index in [0.29, 0.717) is 16.9 Å². The van der Waals surface area contributed by atoms with Gasteiger partial charge in [0.25, 0.3) is 0 Å². The zero-order chi connectivity index (χ0) is 28.8. The summed E-state index contributed by atoms with van der Waals surface area (Å²) in [7, 11) is 1.54. The van der Waals surface area contributed by atoms with Crippen molar-refractivity contribution in [1.29, 1.82) is 0 Å². The highest BCUT2D eigenvalue weighted by Gasteiger charge is 2.31. The monoisotopic (exact) mass is 542 g/mol. The van der Waals surface area contributed by atoms with Crippen LogP contribution in [0.1, 0.15) is 68.8 Å². The van der Waals surface area contributed by atoms with Gasteiger partial charge in [0.1, 0.15) is 11.4 Å². The Labute approximate surface area is 228 Å². The molecule has 0 aromatic heterocycles. The normalized spacial score (nSPS) is 12.8. The number of hydrogen-bond donors (Lipinski definition) is 2. The molecule has 3 aromatic rings. The molecule has 39 heavy (non-hydrogen) atoms. The summed E-state index contributed by atoms with van der Waals surface area (Å²) in [6.07, 6.45) is -5.06. The molecule has 0 aliphatic heterocycles. The van der Waals surface area contributed by atoms with E-state index in [4.69, 9.17) is 9.47 Å². The lowest BCUT2D eigenvalue weighted by atomic mass is 9.92. The van der Waals surface area contributed by atoms with Crippen molar-refractivity contribution in [2.45, 2.75) is 64.9 Å². The third-order valence-electron chi connectivity index (χ3n) is 6.17. The Bertz CT molecular complexity index is 1250. The van der Waals surface area contributed by atoms with Gasteiger partial charge in [0, 0.05) is 18.7 Å². The second-order valence-corrected chi connectivity index (χ2v) is 10.7. The van der Waals surface area contributed by atoms with Gasteiger partial charge in [-0.25, -0.2) is 4.79 Å². The van der Waals surface area contributed by atoms with Gasteiger partial charge in [-0.1, -0.05) is 56.3 Å². The van der Waals surface area contributed by atoms with E-state index in [2.05, 4.69) is 24.5 Å². The van der Waals surface area contributed by atoms with Crippen molar-refractivity contribution in [3.05, 3.63) is 89.0 Å². The van der Waals surface area contributed by atoms with Crippen molar-refractivity contribution in [3.8, 4) is 16.9 Å². The lowest BCUT2D eigenvalue weighted by molar-refractivity contribution is -0.137. The Hall–Kier alpha value is -3.52. The maximum Gasteiger partial charge on any atom is 0.416 e. The topological polar surface area (TPSA) is 59.6 Å². The van der Waals surface area contributed by atoms with E-state index >= 15 is 0 Å². The van der Waals surface area contributed by atoms with E-state index in [-0.39, 0.29) is 19.0 Å². The quantitative estimate of drug-likeness (QED) is 0.289. The smallest absolute Gasteiger partial charge is 0.416 e. The summed E-state index contributed by atoms with van der Waals surface area (Å²) in [6, 6.07) is 18.4. The molecule has 0 saturated carbocycles. The Balaban J connectivity index is 1.93. The number of nitrogens with one attached hydrogen (secondary N) is 2. The van der Waals surface area contributed by atoms with E-state index in [1.165, 1.54) is 12.1 Å². The van der Waals surface area contributed by atoms with Crippen LogP contribution in [-0.4, -0.2) is 25.3 Å². The number of halogens is 3. The number of hydrogen-bond acceptors (Lipinski definition) is 4. The molecule has 8 heteroatoms. The third-order valence-corrected chi connectivity index (χ3v) is 6.17. The number of alkyl halides is 3. The number of amides is 1. The lowest BCUT2D eigenvalue weighted by Gasteiger charge is -2.24. The molecule has 3 rings (SSSR count). The van der Waals surface area contributed by atoms with Crippen LogP contribution in [-0.2, 0) is 17.5 Å². The number of alkyl carbamates (subject to hydrolysis) is 1. The van der Waals surface area contributed by atoms with Crippen LogP contribution < -0.4 is 15.4 Å². The average Bonchev–Trinajstić information content (AvgIpc) is 2.86. The molecule has 0 spiro atoms. The first-order valence-corrected chi connectivity index (χ1v) is 12.9. The van der Waals surface area contributed by atoms with Gasteiger partial charge >= 0.3 is 12.3 Å². The van der Waals surface area contributed by atoms with Crippen LogP contribution in [0.4, 0.5) is 18.0 Å². The molecule has 0 aliphatic carbocycles. The van der Waals surface area contributed by atoms with Crippen LogP contribution in [0.3, 0.4) is 0 Å². The first-order chi connectivity index (χ1) is 18.3. The summed E-state index contributed by atoms with van der Waals surface area (Å²) in [5.41, 5.74) is 2.32. The number of ether oxygens (including phenoxy) is 2. The van der Waals surface area contributed by atoms with Crippen molar-refractivity contribution in [2.24, 2.45) is 0 Å². The molecular formula is C31H37F3N2O3. The maximum atomic E-state index is 13.7. The molecule has 0 heterocycles.